The predicted molar refractivity (Wildman–Crippen MR) is 134 cm³/mol. The van der Waals surface area contributed by atoms with Gasteiger partial charge in [-0.25, -0.2) is 0 Å². The zero-order chi connectivity index (χ0) is 24.5. The van der Waals surface area contributed by atoms with E-state index in [4.69, 9.17) is 0 Å². The van der Waals surface area contributed by atoms with Gasteiger partial charge in [0, 0.05) is 26.9 Å². The summed E-state index contributed by atoms with van der Waals surface area (Å²) in [5.41, 5.74) is 4.63. The summed E-state index contributed by atoms with van der Waals surface area (Å²) < 4.78 is 30.1. The van der Waals surface area contributed by atoms with Crippen molar-refractivity contribution in [3.8, 4) is 0 Å². The molecule has 1 aromatic heterocycles. The molecule has 6 heteroatoms. The summed E-state index contributed by atoms with van der Waals surface area (Å²) in [6.07, 6.45) is 1.64. The molecule has 0 unspecified atom stereocenters. The van der Waals surface area contributed by atoms with Crippen LogP contribution in [0.4, 0.5) is 8.78 Å². The van der Waals surface area contributed by atoms with Gasteiger partial charge in [-0.3, -0.25) is 9.78 Å². The van der Waals surface area contributed by atoms with Gasteiger partial charge in [0.05, 0.1) is 17.6 Å². The van der Waals surface area contributed by atoms with E-state index in [2.05, 4.69) is 10.3 Å². The highest BCUT2D eigenvalue weighted by molar-refractivity contribution is 7.99. The third-order valence-electron chi connectivity index (χ3n) is 5.92. The smallest absolute Gasteiger partial charge is 0.290 e. The number of hydrogen-bond acceptors (Lipinski definition) is 3. The maximum absolute atomic E-state index is 15.0. The van der Waals surface area contributed by atoms with Crippen molar-refractivity contribution in [2.75, 3.05) is 6.54 Å². The second-order valence-electron chi connectivity index (χ2n) is 8.57. The molecular weight excluding hydrogens is 450 g/mol. The fourth-order valence-corrected chi connectivity index (χ4v) is 4.97. The number of hydrogen-bond donors (Lipinski definition) is 1. The van der Waals surface area contributed by atoms with Crippen LogP contribution in [0.3, 0.4) is 0 Å². The Bertz CT molecular complexity index is 1380. The fourth-order valence-electron chi connectivity index (χ4n) is 3.94. The molecule has 0 aliphatic heterocycles. The summed E-state index contributed by atoms with van der Waals surface area (Å²) in [6, 6.07) is 18.1. The van der Waals surface area contributed by atoms with E-state index in [0.717, 1.165) is 16.0 Å². The molecular formula is C28H26F2N2OS. The molecule has 1 heterocycles. The molecule has 1 N–H and O–H groups in total. The summed E-state index contributed by atoms with van der Waals surface area (Å²) in [5, 5.41) is 3.12. The van der Waals surface area contributed by atoms with Crippen molar-refractivity contribution in [2.45, 2.75) is 43.4 Å². The topological polar surface area (TPSA) is 42.0 Å². The van der Waals surface area contributed by atoms with Gasteiger partial charge in [0.25, 0.3) is 11.8 Å². The van der Waals surface area contributed by atoms with Crippen molar-refractivity contribution in [1.82, 2.24) is 10.3 Å². The third kappa shape index (κ3) is 4.97. The van der Waals surface area contributed by atoms with Crippen molar-refractivity contribution in [2.24, 2.45) is 0 Å². The zero-order valence-corrected chi connectivity index (χ0v) is 20.4. The van der Waals surface area contributed by atoms with Gasteiger partial charge >= 0.3 is 0 Å². The monoisotopic (exact) mass is 476 g/mol. The van der Waals surface area contributed by atoms with E-state index in [1.54, 1.807) is 37.4 Å². The van der Waals surface area contributed by atoms with Gasteiger partial charge in [-0.2, -0.15) is 8.78 Å². The summed E-state index contributed by atoms with van der Waals surface area (Å²) in [5.74, 6) is -3.74. The number of pyridine rings is 1. The van der Waals surface area contributed by atoms with Gasteiger partial charge in [0.1, 0.15) is 0 Å². The highest BCUT2D eigenvalue weighted by Gasteiger charge is 2.34. The number of halogens is 2. The number of carbonyl (C=O) groups is 1. The Kier molecular flexibility index (Phi) is 6.71. The third-order valence-corrected chi connectivity index (χ3v) is 6.94. The first-order valence-corrected chi connectivity index (χ1v) is 11.8. The lowest BCUT2D eigenvalue weighted by molar-refractivity contribution is -0.00308. The largest absolute Gasteiger partial charge is 0.346 e. The number of alkyl halides is 2. The molecule has 3 aromatic carbocycles. The minimum absolute atomic E-state index is 0.0808. The first-order chi connectivity index (χ1) is 16.2. The fraction of sp³-hybridized carbons (Fsp3) is 0.214. The van der Waals surface area contributed by atoms with Crippen LogP contribution in [0.25, 0.3) is 10.9 Å². The molecule has 0 atom stereocenters. The average Bonchev–Trinajstić information content (AvgIpc) is 2.79. The van der Waals surface area contributed by atoms with Crippen LogP contribution in [0.15, 0.2) is 76.7 Å². The van der Waals surface area contributed by atoms with Crippen LogP contribution in [0, 0.1) is 27.7 Å². The first-order valence-electron chi connectivity index (χ1n) is 11.0. The van der Waals surface area contributed by atoms with Gasteiger partial charge in [-0.1, -0.05) is 59.8 Å². The number of benzene rings is 3. The van der Waals surface area contributed by atoms with E-state index in [-0.39, 0.29) is 5.56 Å². The number of nitrogens with one attached hydrogen (secondary N) is 1. The Morgan fingerprint density at radius 2 is 1.71 bits per heavy atom. The summed E-state index contributed by atoms with van der Waals surface area (Å²) in [6.45, 7) is 6.80. The molecule has 174 valence electrons. The molecule has 4 rings (SSSR count). The Morgan fingerprint density at radius 3 is 2.44 bits per heavy atom. The molecule has 0 saturated carbocycles. The molecule has 1 amide bonds. The molecule has 0 spiro atoms. The Morgan fingerprint density at radius 1 is 0.941 bits per heavy atom. The van der Waals surface area contributed by atoms with E-state index < -0.39 is 18.4 Å². The summed E-state index contributed by atoms with van der Waals surface area (Å²) in [4.78, 5) is 19.4. The second-order valence-corrected chi connectivity index (χ2v) is 9.68. The molecule has 34 heavy (non-hydrogen) atoms. The van der Waals surface area contributed by atoms with Crippen LogP contribution < -0.4 is 5.32 Å². The number of aromatic nitrogens is 1. The molecule has 0 aliphatic carbocycles. The van der Waals surface area contributed by atoms with E-state index in [1.807, 2.05) is 51.1 Å². The number of rotatable bonds is 6. The summed E-state index contributed by atoms with van der Waals surface area (Å²) >= 11 is 1.40. The molecule has 3 nitrogen and oxygen atoms in total. The molecule has 0 aliphatic rings. The molecule has 0 saturated heterocycles. The quantitative estimate of drug-likeness (QED) is 0.322. The van der Waals surface area contributed by atoms with Gasteiger partial charge in [-0.15, -0.1) is 0 Å². The number of nitrogens with zero attached hydrogens (tertiary/aromatic N) is 1. The zero-order valence-electron chi connectivity index (χ0n) is 19.6. The Hall–Kier alpha value is -3.25. The lowest BCUT2D eigenvalue weighted by atomic mass is 10.00. The van der Waals surface area contributed by atoms with Crippen LogP contribution in [0.5, 0.6) is 0 Å². The molecule has 0 fully saturated rings. The number of fused-ring (bicyclic) bond motifs is 1. The minimum Gasteiger partial charge on any atom is -0.346 e. The van der Waals surface area contributed by atoms with Crippen LogP contribution in [-0.4, -0.2) is 17.4 Å². The number of aryl methyl sites for hydroxylation is 4. The molecule has 0 bridgehead atoms. The van der Waals surface area contributed by atoms with Gasteiger partial charge < -0.3 is 5.32 Å². The van der Waals surface area contributed by atoms with E-state index in [1.165, 1.54) is 23.4 Å². The summed E-state index contributed by atoms with van der Waals surface area (Å²) in [7, 11) is 0. The minimum atomic E-state index is -3.20. The second kappa shape index (κ2) is 9.55. The number of amides is 1. The van der Waals surface area contributed by atoms with Crippen molar-refractivity contribution < 1.29 is 13.6 Å². The normalized spacial score (nSPS) is 11.6. The van der Waals surface area contributed by atoms with E-state index >= 15 is 8.78 Å². The number of carbonyl (C=O) groups excluding carboxylic acids is 1. The molecule has 4 aromatic rings. The van der Waals surface area contributed by atoms with Gasteiger partial charge in [0.2, 0.25) is 0 Å². The van der Waals surface area contributed by atoms with Crippen molar-refractivity contribution in [3.05, 3.63) is 100 Å². The standard InChI is InChI=1S/C28H26F2N2OS/c1-17-9-12-23(20(4)13-17)28(29,30)16-32-27(33)26-22-7-5-6-8-24(22)31-15-25(26)34-21-11-10-18(2)19(3)14-21/h5-15H,16H2,1-4H3,(H,32,33). The highest BCUT2D eigenvalue weighted by Crippen LogP contribution is 2.35. The number of para-hydroxylation sites is 1. The van der Waals surface area contributed by atoms with Gasteiger partial charge in [-0.05, 0) is 62.6 Å². The predicted octanol–water partition coefficient (Wildman–Crippen LogP) is 7.14. The van der Waals surface area contributed by atoms with Crippen molar-refractivity contribution in [1.29, 1.82) is 0 Å². The van der Waals surface area contributed by atoms with Crippen molar-refractivity contribution >= 4 is 28.6 Å². The maximum atomic E-state index is 15.0. The van der Waals surface area contributed by atoms with Crippen molar-refractivity contribution in [3.63, 3.8) is 0 Å². The molecule has 0 radical (unpaired) electrons. The highest BCUT2D eigenvalue weighted by atomic mass is 32.2. The van der Waals surface area contributed by atoms with Crippen LogP contribution in [0.2, 0.25) is 0 Å². The average molecular weight is 477 g/mol. The SMILES string of the molecule is Cc1ccc(C(F)(F)CNC(=O)c2c(Sc3ccc(C)c(C)c3)cnc3ccccc23)c(C)c1. The van der Waals surface area contributed by atoms with Gasteiger partial charge in [0.15, 0.2) is 0 Å². The lowest BCUT2D eigenvalue weighted by Gasteiger charge is -2.20. The van der Waals surface area contributed by atoms with Crippen LogP contribution in [0.1, 0.15) is 38.2 Å². The van der Waals surface area contributed by atoms with Crippen LogP contribution >= 0.6 is 11.8 Å². The Balaban J connectivity index is 1.67. The lowest BCUT2D eigenvalue weighted by Crippen LogP contribution is -2.35. The van der Waals surface area contributed by atoms with Crippen LogP contribution in [-0.2, 0) is 5.92 Å². The maximum Gasteiger partial charge on any atom is 0.290 e. The first kappa shape index (κ1) is 23.9. The Labute approximate surface area is 202 Å². The van der Waals surface area contributed by atoms with E-state index in [9.17, 15) is 4.79 Å². The van der Waals surface area contributed by atoms with E-state index in [0.29, 0.717) is 26.9 Å².